The number of benzene rings is 1. The molecule has 1 aromatic heterocycles. The first-order valence-corrected chi connectivity index (χ1v) is 9.95. The average Bonchev–Trinajstić information content (AvgIpc) is 3.22. The van der Waals surface area contributed by atoms with Crippen molar-refractivity contribution in [2.45, 2.75) is 19.4 Å². The number of hydrogen-bond acceptors (Lipinski definition) is 4. The fraction of sp³-hybridized carbons (Fsp3) is 0.350. The Morgan fingerprint density at radius 3 is 2.29 bits per heavy atom. The summed E-state index contributed by atoms with van der Waals surface area (Å²) in [7, 11) is 0. The van der Waals surface area contributed by atoms with Crippen LogP contribution in [0.2, 0.25) is 0 Å². The van der Waals surface area contributed by atoms with E-state index in [9.17, 15) is 18.8 Å². The van der Waals surface area contributed by atoms with E-state index in [1.165, 1.54) is 30.4 Å². The van der Waals surface area contributed by atoms with Crippen LogP contribution in [0.1, 0.15) is 22.2 Å². The van der Waals surface area contributed by atoms with Crippen LogP contribution < -0.4 is 5.32 Å². The Hall–Kier alpha value is -2.74. The van der Waals surface area contributed by atoms with Crippen molar-refractivity contribution in [2.75, 3.05) is 26.2 Å². The molecule has 0 saturated carbocycles. The van der Waals surface area contributed by atoms with Gasteiger partial charge in [-0.05, 0) is 29.1 Å². The fourth-order valence-electron chi connectivity index (χ4n) is 3.21. The predicted octanol–water partition coefficient (Wildman–Crippen LogP) is 1.92. The molecule has 2 aromatic rings. The van der Waals surface area contributed by atoms with Gasteiger partial charge in [0.15, 0.2) is 0 Å². The van der Waals surface area contributed by atoms with Crippen LogP contribution >= 0.6 is 11.3 Å². The first-order valence-electron chi connectivity index (χ1n) is 9.07. The van der Waals surface area contributed by atoms with E-state index in [4.69, 9.17) is 0 Å². The standard InChI is InChI=1S/C20H22FN3O3S/c1-14(25)22-17(13-15-4-6-16(21)7-5-15)19(26)23-8-10-24(11-9-23)20(27)18-3-2-12-28-18/h2-7,12,17H,8-11,13H2,1H3,(H,22,25). The zero-order valence-corrected chi connectivity index (χ0v) is 16.4. The average molecular weight is 403 g/mol. The van der Waals surface area contributed by atoms with E-state index in [-0.39, 0.29) is 30.0 Å². The maximum absolute atomic E-state index is 13.1. The van der Waals surface area contributed by atoms with Crippen molar-refractivity contribution in [3.8, 4) is 0 Å². The molecule has 2 heterocycles. The monoisotopic (exact) mass is 403 g/mol. The minimum absolute atomic E-state index is 0.0215. The summed E-state index contributed by atoms with van der Waals surface area (Å²) < 4.78 is 13.1. The number of amides is 3. The summed E-state index contributed by atoms with van der Waals surface area (Å²) in [6, 6.07) is 8.79. The molecule has 6 nitrogen and oxygen atoms in total. The lowest BCUT2D eigenvalue weighted by Gasteiger charge is -2.36. The van der Waals surface area contributed by atoms with Gasteiger partial charge in [-0.1, -0.05) is 18.2 Å². The van der Waals surface area contributed by atoms with Gasteiger partial charge in [-0.2, -0.15) is 0 Å². The van der Waals surface area contributed by atoms with Gasteiger partial charge in [-0.15, -0.1) is 11.3 Å². The molecular weight excluding hydrogens is 381 g/mol. The molecule has 0 aliphatic carbocycles. The van der Waals surface area contributed by atoms with E-state index < -0.39 is 6.04 Å². The van der Waals surface area contributed by atoms with Crippen LogP contribution in [0.5, 0.6) is 0 Å². The van der Waals surface area contributed by atoms with Crippen LogP contribution in [-0.2, 0) is 16.0 Å². The molecule has 3 amide bonds. The largest absolute Gasteiger partial charge is 0.344 e. The smallest absolute Gasteiger partial charge is 0.264 e. The second kappa shape index (κ2) is 8.97. The predicted molar refractivity (Wildman–Crippen MR) is 105 cm³/mol. The molecule has 0 radical (unpaired) electrons. The maximum atomic E-state index is 13.1. The number of rotatable bonds is 5. The number of nitrogens with zero attached hydrogens (tertiary/aromatic N) is 2. The molecule has 1 aliphatic heterocycles. The van der Waals surface area contributed by atoms with Gasteiger partial charge in [0.2, 0.25) is 11.8 Å². The van der Waals surface area contributed by atoms with E-state index in [1.54, 1.807) is 28.0 Å². The van der Waals surface area contributed by atoms with Gasteiger partial charge < -0.3 is 15.1 Å². The van der Waals surface area contributed by atoms with Crippen molar-refractivity contribution in [1.29, 1.82) is 0 Å². The van der Waals surface area contributed by atoms with E-state index in [1.807, 2.05) is 11.4 Å². The van der Waals surface area contributed by atoms with Gasteiger partial charge in [-0.3, -0.25) is 14.4 Å². The van der Waals surface area contributed by atoms with Crippen LogP contribution in [-0.4, -0.2) is 59.7 Å². The Morgan fingerprint density at radius 1 is 1.07 bits per heavy atom. The molecule has 8 heteroatoms. The van der Waals surface area contributed by atoms with Crippen molar-refractivity contribution in [3.63, 3.8) is 0 Å². The van der Waals surface area contributed by atoms with Crippen LogP contribution in [0.15, 0.2) is 41.8 Å². The van der Waals surface area contributed by atoms with Crippen molar-refractivity contribution >= 4 is 29.1 Å². The van der Waals surface area contributed by atoms with E-state index in [0.29, 0.717) is 31.1 Å². The lowest BCUT2D eigenvalue weighted by atomic mass is 10.0. The van der Waals surface area contributed by atoms with Gasteiger partial charge >= 0.3 is 0 Å². The van der Waals surface area contributed by atoms with Crippen LogP contribution in [0, 0.1) is 5.82 Å². The molecule has 1 saturated heterocycles. The van der Waals surface area contributed by atoms with Gasteiger partial charge in [-0.25, -0.2) is 4.39 Å². The molecule has 3 rings (SSSR count). The first kappa shape index (κ1) is 20.0. The Kier molecular flexibility index (Phi) is 6.41. The molecule has 28 heavy (non-hydrogen) atoms. The molecular formula is C20H22FN3O3S. The normalized spacial score (nSPS) is 15.2. The molecule has 1 fully saturated rings. The highest BCUT2D eigenvalue weighted by atomic mass is 32.1. The minimum atomic E-state index is -0.720. The quantitative estimate of drug-likeness (QED) is 0.829. The summed E-state index contributed by atoms with van der Waals surface area (Å²) in [4.78, 5) is 41.0. The van der Waals surface area contributed by atoms with Gasteiger partial charge in [0, 0.05) is 39.5 Å². The van der Waals surface area contributed by atoms with Crippen molar-refractivity contribution in [2.24, 2.45) is 0 Å². The zero-order valence-electron chi connectivity index (χ0n) is 15.6. The lowest BCUT2D eigenvalue weighted by Crippen LogP contribution is -2.56. The van der Waals surface area contributed by atoms with Gasteiger partial charge in [0.25, 0.3) is 5.91 Å². The lowest BCUT2D eigenvalue weighted by molar-refractivity contribution is -0.137. The zero-order chi connectivity index (χ0) is 20.1. The van der Waals surface area contributed by atoms with Crippen LogP contribution in [0.3, 0.4) is 0 Å². The molecule has 0 spiro atoms. The molecule has 148 valence electrons. The summed E-state index contributed by atoms with van der Waals surface area (Å²) in [6.45, 7) is 3.09. The summed E-state index contributed by atoms with van der Waals surface area (Å²) >= 11 is 1.40. The number of thiophene rings is 1. The van der Waals surface area contributed by atoms with E-state index in [2.05, 4.69) is 5.32 Å². The third-order valence-corrected chi connectivity index (χ3v) is 5.50. The van der Waals surface area contributed by atoms with Crippen molar-refractivity contribution < 1.29 is 18.8 Å². The van der Waals surface area contributed by atoms with E-state index in [0.717, 1.165) is 5.56 Å². The Bertz CT molecular complexity index is 831. The summed E-state index contributed by atoms with van der Waals surface area (Å²) in [6.07, 6.45) is 0.285. The minimum Gasteiger partial charge on any atom is -0.344 e. The van der Waals surface area contributed by atoms with E-state index >= 15 is 0 Å². The van der Waals surface area contributed by atoms with Gasteiger partial charge in [0.05, 0.1) is 4.88 Å². The Morgan fingerprint density at radius 2 is 1.71 bits per heavy atom. The second-order valence-corrected chi connectivity index (χ2v) is 7.63. The maximum Gasteiger partial charge on any atom is 0.264 e. The Balaban J connectivity index is 1.62. The fourth-order valence-corrected chi connectivity index (χ4v) is 3.90. The molecule has 1 aromatic carbocycles. The number of piperazine rings is 1. The SMILES string of the molecule is CC(=O)NC(Cc1ccc(F)cc1)C(=O)N1CCN(C(=O)c2cccs2)CC1. The third kappa shape index (κ3) is 4.95. The van der Waals surface area contributed by atoms with Crippen LogP contribution in [0.4, 0.5) is 4.39 Å². The summed E-state index contributed by atoms with van der Waals surface area (Å²) in [5.74, 6) is -0.862. The van der Waals surface area contributed by atoms with Crippen LogP contribution in [0.25, 0.3) is 0 Å². The highest BCUT2D eigenvalue weighted by molar-refractivity contribution is 7.12. The molecule has 0 bridgehead atoms. The molecule has 1 N–H and O–H groups in total. The highest BCUT2D eigenvalue weighted by Crippen LogP contribution is 2.15. The number of carbonyl (C=O) groups excluding carboxylic acids is 3. The number of hydrogen-bond donors (Lipinski definition) is 1. The molecule has 1 unspecified atom stereocenters. The number of halogens is 1. The Labute approximate surface area is 166 Å². The molecule has 1 atom stereocenters. The summed E-state index contributed by atoms with van der Waals surface area (Å²) in [5.41, 5.74) is 0.764. The van der Waals surface area contributed by atoms with Crippen molar-refractivity contribution in [1.82, 2.24) is 15.1 Å². The second-order valence-electron chi connectivity index (χ2n) is 6.68. The van der Waals surface area contributed by atoms with Crippen molar-refractivity contribution in [3.05, 3.63) is 58.0 Å². The summed E-state index contributed by atoms with van der Waals surface area (Å²) in [5, 5.41) is 4.56. The first-order chi connectivity index (χ1) is 13.4. The van der Waals surface area contributed by atoms with Gasteiger partial charge in [0.1, 0.15) is 11.9 Å². The number of carbonyl (C=O) groups is 3. The topological polar surface area (TPSA) is 69.7 Å². The third-order valence-electron chi connectivity index (χ3n) is 4.64. The highest BCUT2D eigenvalue weighted by Gasteiger charge is 2.30. The number of nitrogens with one attached hydrogen (secondary N) is 1. The molecule has 1 aliphatic rings.